The molecular weight excluding hydrogens is 398 g/mol. The van der Waals surface area contributed by atoms with Gasteiger partial charge in [0.1, 0.15) is 0 Å². The van der Waals surface area contributed by atoms with Crippen molar-refractivity contribution in [2.24, 2.45) is 0 Å². The van der Waals surface area contributed by atoms with Crippen LogP contribution in [0.15, 0.2) is 53.7 Å². The van der Waals surface area contributed by atoms with Crippen molar-refractivity contribution < 1.29 is 9.59 Å². The van der Waals surface area contributed by atoms with Crippen LogP contribution in [0.5, 0.6) is 0 Å². The fraction of sp³-hybridized carbons (Fsp3) is 0.273. The Labute approximate surface area is 180 Å². The number of aryl methyl sites for hydroxylation is 2. The van der Waals surface area contributed by atoms with Crippen LogP contribution < -0.4 is 10.6 Å². The summed E-state index contributed by atoms with van der Waals surface area (Å²) in [5, 5.41) is 13.8. The fourth-order valence-electron chi connectivity index (χ4n) is 2.99. The van der Waals surface area contributed by atoms with Crippen LogP contribution in [0, 0.1) is 13.8 Å². The summed E-state index contributed by atoms with van der Waals surface area (Å²) in [5.41, 5.74) is 3.67. The molecule has 8 heteroatoms. The van der Waals surface area contributed by atoms with E-state index >= 15 is 0 Å². The van der Waals surface area contributed by atoms with Crippen LogP contribution in [0.1, 0.15) is 25.0 Å². The highest BCUT2D eigenvalue weighted by atomic mass is 32.2. The first-order chi connectivity index (χ1) is 14.4. The zero-order chi connectivity index (χ0) is 21.7. The second-order valence-corrected chi connectivity index (χ2v) is 8.25. The first kappa shape index (κ1) is 21.6. The number of nitrogens with zero attached hydrogens (tertiary/aromatic N) is 3. The SMILES string of the molecule is CCn1c(SC(C)C(=O)NC(=O)Nc2ccc(C)cc2C)nnc1-c1ccccc1. The number of benzene rings is 2. The number of hydrogen-bond donors (Lipinski definition) is 2. The molecule has 0 spiro atoms. The summed E-state index contributed by atoms with van der Waals surface area (Å²) >= 11 is 1.27. The molecule has 3 amide bonds. The van der Waals surface area contributed by atoms with Crippen molar-refractivity contribution in [2.75, 3.05) is 5.32 Å². The monoisotopic (exact) mass is 423 g/mol. The Kier molecular flexibility index (Phi) is 6.89. The number of hydrogen-bond acceptors (Lipinski definition) is 5. The summed E-state index contributed by atoms with van der Waals surface area (Å²) in [6.45, 7) is 8.30. The van der Waals surface area contributed by atoms with Gasteiger partial charge in [-0.25, -0.2) is 4.79 Å². The molecule has 1 aromatic heterocycles. The number of imide groups is 1. The normalized spacial score (nSPS) is 11.7. The lowest BCUT2D eigenvalue weighted by Crippen LogP contribution is -2.39. The molecule has 1 unspecified atom stereocenters. The number of nitrogens with one attached hydrogen (secondary N) is 2. The minimum Gasteiger partial charge on any atom is -0.307 e. The first-order valence-corrected chi connectivity index (χ1v) is 10.6. The summed E-state index contributed by atoms with van der Waals surface area (Å²) in [7, 11) is 0. The van der Waals surface area contributed by atoms with Gasteiger partial charge >= 0.3 is 6.03 Å². The van der Waals surface area contributed by atoms with Gasteiger partial charge in [-0.05, 0) is 39.3 Å². The van der Waals surface area contributed by atoms with Crippen molar-refractivity contribution in [2.45, 2.75) is 44.6 Å². The number of urea groups is 1. The van der Waals surface area contributed by atoms with E-state index in [-0.39, 0.29) is 0 Å². The van der Waals surface area contributed by atoms with Crippen LogP contribution in [0.25, 0.3) is 11.4 Å². The maximum absolute atomic E-state index is 12.5. The lowest BCUT2D eigenvalue weighted by Gasteiger charge is -2.13. The van der Waals surface area contributed by atoms with E-state index < -0.39 is 17.2 Å². The smallest absolute Gasteiger partial charge is 0.307 e. The topological polar surface area (TPSA) is 88.9 Å². The van der Waals surface area contributed by atoms with Gasteiger partial charge in [-0.15, -0.1) is 10.2 Å². The molecule has 1 heterocycles. The summed E-state index contributed by atoms with van der Waals surface area (Å²) in [6, 6.07) is 14.9. The van der Waals surface area contributed by atoms with Crippen LogP contribution >= 0.6 is 11.8 Å². The molecule has 1 atom stereocenters. The third-order valence-corrected chi connectivity index (χ3v) is 5.66. The summed E-state index contributed by atoms with van der Waals surface area (Å²) in [5.74, 6) is 0.356. The van der Waals surface area contributed by atoms with Crippen LogP contribution in [0.4, 0.5) is 10.5 Å². The summed E-state index contributed by atoms with van der Waals surface area (Å²) < 4.78 is 1.96. The molecule has 0 aliphatic heterocycles. The molecule has 0 saturated heterocycles. The van der Waals surface area contributed by atoms with Crippen LogP contribution in [-0.2, 0) is 11.3 Å². The molecule has 3 rings (SSSR count). The van der Waals surface area contributed by atoms with Crippen LogP contribution in [0.2, 0.25) is 0 Å². The molecule has 0 fully saturated rings. The third kappa shape index (κ3) is 5.07. The van der Waals surface area contributed by atoms with Gasteiger partial charge in [0.05, 0.1) is 5.25 Å². The molecular formula is C22H25N5O2S. The molecule has 156 valence electrons. The highest BCUT2D eigenvalue weighted by molar-refractivity contribution is 8.00. The highest BCUT2D eigenvalue weighted by Gasteiger charge is 2.22. The minimum atomic E-state index is -0.554. The molecule has 0 saturated carbocycles. The molecule has 3 aromatic rings. The van der Waals surface area contributed by atoms with Crippen molar-refractivity contribution in [3.63, 3.8) is 0 Å². The van der Waals surface area contributed by atoms with E-state index in [2.05, 4.69) is 20.8 Å². The zero-order valence-electron chi connectivity index (χ0n) is 17.5. The Morgan fingerprint density at radius 3 is 2.50 bits per heavy atom. The number of anilines is 1. The number of amides is 3. The van der Waals surface area contributed by atoms with E-state index in [0.717, 1.165) is 22.5 Å². The molecule has 0 bridgehead atoms. The van der Waals surface area contributed by atoms with Crippen molar-refractivity contribution in [3.8, 4) is 11.4 Å². The molecule has 0 aliphatic carbocycles. The largest absolute Gasteiger partial charge is 0.325 e. The average molecular weight is 424 g/mol. The fourth-order valence-corrected chi connectivity index (χ4v) is 3.91. The molecule has 2 N–H and O–H groups in total. The predicted molar refractivity (Wildman–Crippen MR) is 120 cm³/mol. The van der Waals surface area contributed by atoms with E-state index in [1.807, 2.05) is 73.9 Å². The van der Waals surface area contributed by atoms with Crippen LogP contribution in [0.3, 0.4) is 0 Å². The quantitative estimate of drug-likeness (QED) is 0.573. The summed E-state index contributed by atoms with van der Waals surface area (Å²) in [4.78, 5) is 24.8. The Morgan fingerprint density at radius 1 is 1.10 bits per heavy atom. The number of carbonyl (C=O) groups is 2. The molecule has 0 aliphatic rings. The van der Waals surface area contributed by atoms with Crippen molar-refractivity contribution in [3.05, 3.63) is 59.7 Å². The van der Waals surface area contributed by atoms with Crippen molar-refractivity contribution in [1.82, 2.24) is 20.1 Å². The standard InChI is InChI=1S/C22H25N5O2S/c1-5-27-19(17-9-7-6-8-10-17)25-26-22(27)30-16(4)20(28)24-21(29)23-18-12-11-14(2)13-15(18)3/h6-13,16H,5H2,1-4H3,(H2,23,24,28,29). The molecule has 7 nitrogen and oxygen atoms in total. The molecule has 30 heavy (non-hydrogen) atoms. The number of rotatable bonds is 6. The van der Waals surface area contributed by atoms with E-state index in [4.69, 9.17) is 0 Å². The Bertz CT molecular complexity index is 1050. The van der Waals surface area contributed by atoms with E-state index in [1.165, 1.54) is 11.8 Å². The van der Waals surface area contributed by atoms with Crippen molar-refractivity contribution >= 4 is 29.4 Å². The average Bonchev–Trinajstić information content (AvgIpc) is 3.13. The number of aromatic nitrogens is 3. The lowest BCUT2D eigenvalue weighted by molar-refractivity contribution is -0.119. The van der Waals surface area contributed by atoms with Crippen LogP contribution in [-0.4, -0.2) is 32.0 Å². The summed E-state index contributed by atoms with van der Waals surface area (Å²) in [6.07, 6.45) is 0. The van der Waals surface area contributed by atoms with E-state index in [1.54, 1.807) is 6.92 Å². The lowest BCUT2D eigenvalue weighted by atomic mass is 10.1. The Hall–Kier alpha value is -3.13. The van der Waals surface area contributed by atoms with Gasteiger partial charge in [0, 0.05) is 17.8 Å². The predicted octanol–water partition coefficient (Wildman–Crippen LogP) is 4.41. The van der Waals surface area contributed by atoms with Gasteiger partial charge in [-0.1, -0.05) is 59.8 Å². The number of thioether (sulfide) groups is 1. The van der Waals surface area contributed by atoms with Gasteiger partial charge in [0.15, 0.2) is 11.0 Å². The second-order valence-electron chi connectivity index (χ2n) is 6.94. The maximum Gasteiger partial charge on any atom is 0.325 e. The van der Waals surface area contributed by atoms with Gasteiger partial charge in [-0.3, -0.25) is 10.1 Å². The van der Waals surface area contributed by atoms with Gasteiger partial charge in [0.25, 0.3) is 0 Å². The van der Waals surface area contributed by atoms with E-state index in [9.17, 15) is 9.59 Å². The Balaban J connectivity index is 1.64. The molecule has 0 radical (unpaired) electrons. The first-order valence-electron chi connectivity index (χ1n) is 9.73. The highest BCUT2D eigenvalue weighted by Crippen LogP contribution is 2.26. The van der Waals surface area contributed by atoms with E-state index in [0.29, 0.717) is 17.4 Å². The van der Waals surface area contributed by atoms with Crippen molar-refractivity contribution in [1.29, 1.82) is 0 Å². The van der Waals surface area contributed by atoms with Gasteiger partial charge < -0.3 is 9.88 Å². The van der Waals surface area contributed by atoms with Gasteiger partial charge in [0.2, 0.25) is 5.91 Å². The molecule has 2 aromatic carbocycles. The second kappa shape index (κ2) is 9.58. The third-order valence-electron chi connectivity index (χ3n) is 4.58. The zero-order valence-corrected chi connectivity index (χ0v) is 18.3. The van der Waals surface area contributed by atoms with Gasteiger partial charge in [-0.2, -0.15) is 0 Å². The minimum absolute atomic E-state index is 0.394. The maximum atomic E-state index is 12.5. The number of carbonyl (C=O) groups excluding carboxylic acids is 2. The Morgan fingerprint density at radius 2 is 1.83 bits per heavy atom.